The Kier molecular flexibility index (Phi) is 6.99. The van der Waals surface area contributed by atoms with E-state index in [0.717, 1.165) is 25.2 Å². The highest BCUT2D eigenvalue weighted by molar-refractivity contribution is 9.10. The molecule has 1 aliphatic heterocycles. The fraction of sp³-hybridized carbons (Fsp3) is 0.350. The predicted molar refractivity (Wildman–Crippen MR) is 109 cm³/mol. The maximum atomic E-state index is 12.4. The van der Waals surface area contributed by atoms with E-state index in [1.165, 1.54) is 0 Å². The monoisotopic (exact) mass is 453 g/mol. The van der Waals surface area contributed by atoms with Crippen LogP contribution in [0.15, 0.2) is 46.9 Å². The predicted octanol–water partition coefficient (Wildman–Crippen LogP) is 5.07. The normalized spacial score (nSPS) is 17.4. The first-order chi connectivity index (χ1) is 13.0. The minimum atomic E-state index is -0.669. The van der Waals surface area contributed by atoms with Gasteiger partial charge < -0.3 is 19.5 Å². The first kappa shape index (κ1) is 20.0. The molecule has 2 aromatic rings. The van der Waals surface area contributed by atoms with Gasteiger partial charge in [0, 0.05) is 17.3 Å². The van der Waals surface area contributed by atoms with E-state index in [2.05, 4.69) is 21.2 Å². The van der Waals surface area contributed by atoms with Crippen LogP contribution < -0.4 is 14.8 Å². The number of carbonyl (C=O) groups excluding carboxylic acids is 1. The van der Waals surface area contributed by atoms with E-state index in [9.17, 15) is 4.79 Å². The highest BCUT2D eigenvalue weighted by Crippen LogP contribution is 2.29. The molecule has 0 bridgehead atoms. The van der Waals surface area contributed by atoms with Crippen LogP contribution in [-0.2, 0) is 9.53 Å². The maximum absolute atomic E-state index is 12.4. The number of anilines is 1. The van der Waals surface area contributed by atoms with Gasteiger partial charge in [0.15, 0.2) is 6.10 Å². The number of rotatable bonds is 7. The molecule has 7 heteroatoms. The van der Waals surface area contributed by atoms with Crippen LogP contribution >= 0.6 is 27.5 Å². The third-order valence-corrected chi connectivity index (χ3v) is 5.00. The number of benzene rings is 2. The van der Waals surface area contributed by atoms with Gasteiger partial charge in [-0.25, -0.2) is 0 Å². The van der Waals surface area contributed by atoms with Crippen LogP contribution in [-0.4, -0.2) is 31.3 Å². The van der Waals surface area contributed by atoms with Gasteiger partial charge in [-0.05, 0) is 78.2 Å². The lowest BCUT2D eigenvalue weighted by atomic mass is 10.2. The number of hydrogen-bond acceptors (Lipinski definition) is 4. The summed E-state index contributed by atoms with van der Waals surface area (Å²) in [6.07, 6.45) is 1.63. The smallest absolute Gasteiger partial charge is 0.265 e. The molecule has 0 unspecified atom stereocenters. The Bertz CT molecular complexity index is 778. The van der Waals surface area contributed by atoms with E-state index >= 15 is 0 Å². The Morgan fingerprint density at radius 1 is 1.33 bits per heavy atom. The second-order valence-corrected chi connectivity index (χ2v) is 7.59. The quantitative estimate of drug-likeness (QED) is 0.635. The van der Waals surface area contributed by atoms with Gasteiger partial charge in [-0.15, -0.1) is 0 Å². The van der Waals surface area contributed by atoms with Gasteiger partial charge in [0.25, 0.3) is 5.91 Å². The summed E-state index contributed by atoms with van der Waals surface area (Å²) in [6.45, 7) is 3.05. The molecule has 0 spiro atoms. The van der Waals surface area contributed by atoms with Crippen molar-refractivity contribution in [3.05, 3.63) is 52.0 Å². The Morgan fingerprint density at radius 2 is 2.11 bits per heavy atom. The molecular weight excluding hydrogens is 434 g/mol. The van der Waals surface area contributed by atoms with Gasteiger partial charge in [0.2, 0.25) is 0 Å². The van der Waals surface area contributed by atoms with Gasteiger partial charge in [0.05, 0.1) is 10.6 Å². The molecule has 0 saturated carbocycles. The molecule has 1 fully saturated rings. The summed E-state index contributed by atoms with van der Waals surface area (Å²) in [6, 6.07) is 12.4. The number of carbonyl (C=O) groups is 1. The van der Waals surface area contributed by atoms with Crippen molar-refractivity contribution in [2.24, 2.45) is 0 Å². The molecule has 0 aromatic heterocycles. The van der Waals surface area contributed by atoms with Gasteiger partial charge >= 0.3 is 0 Å². The topological polar surface area (TPSA) is 56.8 Å². The summed E-state index contributed by atoms with van der Waals surface area (Å²) in [5.41, 5.74) is 0.676. The van der Waals surface area contributed by atoms with Gasteiger partial charge in [-0.2, -0.15) is 0 Å². The van der Waals surface area contributed by atoms with E-state index in [4.69, 9.17) is 25.8 Å². The molecule has 2 aromatic carbocycles. The average molecular weight is 455 g/mol. The molecule has 1 N–H and O–H groups in total. The van der Waals surface area contributed by atoms with Gasteiger partial charge in [0.1, 0.15) is 18.1 Å². The van der Waals surface area contributed by atoms with Crippen LogP contribution in [0.1, 0.15) is 19.8 Å². The van der Waals surface area contributed by atoms with Crippen molar-refractivity contribution in [2.75, 3.05) is 18.5 Å². The van der Waals surface area contributed by atoms with Crippen molar-refractivity contribution < 1.29 is 19.0 Å². The van der Waals surface area contributed by atoms with Crippen molar-refractivity contribution in [3.8, 4) is 11.5 Å². The van der Waals surface area contributed by atoms with E-state index < -0.39 is 6.10 Å². The highest BCUT2D eigenvalue weighted by Gasteiger charge is 2.17. The molecule has 1 heterocycles. The molecular formula is C20H21BrClNO4. The summed E-state index contributed by atoms with van der Waals surface area (Å²) in [5, 5.41) is 3.42. The van der Waals surface area contributed by atoms with Crippen molar-refractivity contribution in [1.82, 2.24) is 0 Å². The van der Waals surface area contributed by atoms with Crippen LogP contribution in [0.5, 0.6) is 11.5 Å². The van der Waals surface area contributed by atoms with E-state index in [-0.39, 0.29) is 12.0 Å². The molecule has 2 atom stereocenters. The Labute approximate surface area is 172 Å². The van der Waals surface area contributed by atoms with E-state index in [1.807, 2.05) is 12.1 Å². The molecule has 0 aliphatic carbocycles. The van der Waals surface area contributed by atoms with Crippen molar-refractivity contribution in [1.29, 1.82) is 0 Å². The lowest BCUT2D eigenvalue weighted by Gasteiger charge is -2.16. The molecule has 1 aliphatic rings. The summed E-state index contributed by atoms with van der Waals surface area (Å²) in [4.78, 5) is 12.4. The Balaban J connectivity index is 1.50. The van der Waals surface area contributed by atoms with Crippen LogP contribution in [0.3, 0.4) is 0 Å². The SMILES string of the molecule is C[C@@H](Oc1ccc(Cl)cc1Br)C(=O)Nc1ccc(OC[C@@H]2CCCO2)cc1. The van der Waals surface area contributed by atoms with Gasteiger partial charge in [-0.3, -0.25) is 4.79 Å². The van der Waals surface area contributed by atoms with E-state index in [0.29, 0.717) is 27.5 Å². The standard InChI is InChI=1S/C20H21BrClNO4/c1-13(27-19-9-4-14(22)11-18(19)21)20(24)23-15-5-7-16(8-6-15)26-12-17-3-2-10-25-17/h4-9,11,13,17H,2-3,10,12H2,1H3,(H,23,24)/t13-,17+/m1/s1. The van der Waals surface area contributed by atoms with Crippen molar-refractivity contribution in [3.63, 3.8) is 0 Å². The summed E-state index contributed by atoms with van der Waals surface area (Å²) in [5.74, 6) is 1.06. The van der Waals surface area contributed by atoms with Crippen molar-refractivity contribution in [2.45, 2.75) is 32.0 Å². The maximum Gasteiger partial charge on any atom is 0.265 e. The summed E-state index contributed by atoms with van der Waals surface area (Å²) in [7, 11) is 0. The first-order valence-electron chi connectivity index (χ1n) is 8.78. The zero-order valence-electron chi connectivity index (χ0n) is 14.9. The minimum Gasteiger partial charge on any atom is -0.491 e. The zero-order valence-corrected chi connectivity index (χ0v) is 17.3. The van der Waals surface area contributed by atoms with Crippen molar-refractivity contribution >= 4 is 39.1 Å². The molecule has 5 nitrogen and oxygen atoms in total. The highest BCUT2D eigenvalue weighted by atomic mass is 79.9. The van der Waals surface area contributed by atoms with Crippen LogP contribution in [0.4, 0.5) is 5.69 Å². The van der Waals surface area contributed by atoms with E-state index in [1.54, 1.807) is 37.3 Å². The minimum absolute atomic E-state index is 0.176. The molecule has 3 rings (SSSR count). The number of hydrogen-bond donors (Lipinski definition) is 1. The summed E-state index contributed by atoms with van der Waals surface area (Å²) >= 11 is 9.29. The van der Waals surface area contributed by atoms with Gasteiger partial charge in [-0.1, -0.05) is 11.6 Å². The van der Waals surface area contributed by atoms with Crippen LogP contribution in [0.2, 0.25) is 5.02 Å². The largest absolute Gasteiger partial charge is 0.491 e. The third kappa shape index (κ3) is 5.86. The molecule has 144 valence electrons. The molecule has 27 heavy (non-hydrogen) atoms. The van der Waals surface area contributed by atoms with Crippen LogP contribution in [0, 0.1) is 0 Å². The number of halogens is 2. The second-order valence-electron chi connectivity index (χ2n) is 6.29. The fourth-order valence-electron chi connectivity index (χ4n) is 2.66. The Morgan fingerprint density at radius 3 is 2.78 bits per heavy atom. The summed E-state index contributed by atoms with van der Waals surface area (Å²) < 4.78 is 17.6. The first-order valence-corrected chi connectivity index (χ1v) is 9.95. The fourth-order valence-corrected chi connectivity index (χ4v) is 3.43. The number of nitrogens with one attached hydrogen (secondary N) is 1. The zero-order chi connectivity index (χ0) is 19.2. The lowest BCUT2D eigenvalue weighted by molar-refractivity contribution is -0.122. The third-order valence-electron chi connectivity index (χ3n) is 4.15. The molecule has 1 amide bonds. The lowest BCUT2D eigenvalue weighted by Crippen LogP contribution is -2.30. The average Bonchev–Trinajstić information content (AvgIpc) is 3.17. The molecule has 0 radical (unpaired) electrons. The second kappa shape index (κ2) is 9.44. The molecule has 1 saturated heterocycles. The van der Waals surface area contributed by atoms with Crippen LogP contribution in [0.25, 0.3) is 0 Å². The number of amides is 1. The number of ether oxygens (including phenoxy) is 3. The Hall–Kier alpha value is -1.76.